The van der Waals surface area contributed by atoms with Gasteiger partial charge >= 0.3 is 0 Å². The monoisotopic (exact) mass is 268 g/mol. The molecule has 0 aliphatic heterocycles. The van der Waals surface area contributed by atoms with Crippen LogP contribution in [0.1, 0.15) is 35.3 Å². The summed E-state index contributed by atoms with van der Waals surface area (Å²) in [6, 6.07) is 12.2. The number of aliphatic hydroxyl groups excluding tert-OH is 1. The van der Waals surface area contributed by atoms with Gasteiger partial charge in [0, 0.05) is 37.6 Å². The molecule has 20 heavy (non-hydrogen) atoms. The predicted octanol–water partition coefficient (Wildman–Crippen LogP) is 2.91. The lowest BCUT2D eigenvalue weighted by Crippen LogP contribution is -2.12. The lowest BCUT2D eigenvalue weighted by molar-refractivity contribution is 0.143. The average Bonchev–Trinajstić information content (AvgIpc) is 2.90. The summed E-state index contributed by atoms with van der Waals surface area (Å²) in [5, 5.41) is 10.7. The van der Waals surface area contributed by atoms with Crippen molar-refractivity contribution in [3.05, 3.63) is 59.4 Å². The van der Waals surface area contributed by atoms with Gasteiger partial charge in [0.1, 0.15) is 0 Å². The van der Waals surface area contributed by atoms with Gasteiger partial charge in [-0.15, -0.1) is 0 Å². The minimum Gasteiger partial charge on any atom is -0.388 e. The van der Waals surface area contributed by atoms with Gasteiger partial charge in [0.15, 0.2) is 0 Å². The Hall–Kier alpha value is -1.87. The topological polar surface area (TPSA) is 36.4 Å². The van der Waals surface area contributed by atoms with Crippen molar-refractivity contribution in [2.24, 2.45) is 0 Å². The van der Waals surface area contributed by atoms with Gasteiger partial charge in [0.25, 0.3) is 0 Å². The van der Waals surface area contributed by atoms with Gasteiger partial charge in [-0.25, -0.2) is 0 Å². The van der Waals surface area contributed by atoms with E-state index in [2.05, 4.69) is 28.1 Å². The molecule has 2 atom stereocenters. The van der Waals surface area contributed by atoms with Gasteiger partial charge in [-0.1, -0.05) is 18.2 Å². The standard InChI is InChI=1S/C17H20N2O/c1-19(2)14-7-3-5-13(11-14)17(20)15-9-8-12-6-4-10-18-16(12)15/h3-7,10-11,15,17,20H,8-9H2,1-2H3. The van der Waals surface area contributed by atoms with Crippen molar-refractivity contribution < 1.29 is 5.11 Å². The van der Waals surface area contributed by atoms with Crippen molar-refractivity contribution in [3.63, 3.8) is 0 Å². The summed E-state index contributed by atoms with van der Waals surface area (Å²) in [4.78, 5) is 6.53. The number of anilines is 1. The van der Waals surface area contributed by atoms with E-state index in [4.69, 9.17) is 0 Å². The van der Waals surface area contributed by atoms with Gasteiger partial charge in [0.05, 0.1) is 6.10 Å². The minimum atomic E-state index is -0.481. The van der Waals surface area contributed by atoms with Crippen LogP contribution in [-0.4, -0.2) is 24.2 Å². The maximum absolute atomic E-state index is 10.7. The Morgan fingerprint density at radius 3 is 2.90 bits per heavy atom. The molecule has 2 unspecified atom stereocenters. The van der Waals surface area contributed by atoms with Crippen molar-refractivity contribution in [1.29, 1.82) is 0 Å². The summed E-state index contributed by atoms with van der Waals surface area (Å²) < 4.78 is 0. The number of hydrogen-bond acceptors (Lipinski definition) is 3. The van der Waals surface area contributed by atoms with Gasteiger partial charge in [0.2, 0.25) is 0 Å². The molecule has 0 saturated carbocycles. The predicted molar refractivity (Wildman–Crippen MR) is 81.0 cm³/mol. The molecule has 0 spiro atoms. The second-order valence-electron chi connectivity index (χ2n) is 5.63. The van der Waals surface area contributed by atoms with E-state index in [9.17, 15) is 5.11 Å². The molecule has 0 fully saturated rings. The largest absolute Gasteiger partial charge is 0.388 e. The zero-order valence-electron chi connectivity index (χ0n) is 12.0. The lowest BCUT2D eigenvalue weighted by atomic mass is 9.93. The van der Waals surface area contributed by atoms with Crippen LogP contribution in [0.4, 0.5) is 5.69 Å². The molecule has 104 valence electrons. The van der Waals surface area contributed by atoms with Crippen LogP contribution >= 0.6 is 0 Å². The summed E-state index contributed by atoms with van der Waals surface area (Å²) in [5.41, 5.74) is 4.43. The number of fused-ring (bicyclic) bond motifs is 1. The van der Waals surface area contributed by atoms with E-state index in [-0.39, 0.29) is 5.92 Å². The maximum Gasteiger partial charge on any atom is 0.0874 e. The van der Waals surface area contributed by atoms with Crippen molar-refractivity contribution >= 4 is 5.69 Å². The highest BCUT2D eigenvalue weighted by Gasteiger charge is 2.30. The fourth-order valence-corrected chi connectivity index (χ4v) is 2.97. The third kappa shape index (κ3) is 2.29. The molecule has 3 rings (SSSR count). The Balaban J connectivity index is 1.90. The number of aliphatic hydroxyl groups is 1. The molecule has 3 nitrogen and oxygen atoms in total. The third-order valence-corrected chi connectivity index (χ3v) is 4.11. The van der Waals surface area contributed by atoms with Crippen LogP contribution < -0.4 is 4.90 Å². The Bertz CT molecular complexity index is 609. The first-order valence-electron chi connectivity index (χ1n) is 7.06. The molecule has 0 radical (unpaired) electrons. The van der Waals surface area contributed by atoms with Gasteiger partial charge in [-0.2, -0.15) is 0 Å². The molecule has 1 aliphatic rings. The van der Waals surface area contributed by atoms with E-state index < -0.39 is 6.10 Å². The van der Waals surface area contributed by atoms with Crippen molar-refractivity contribution in [2.75, 3.05) is 19.0 Å². The van der Waals surface area contributed by atoms with Gasteiger partial charge in [-0.3, -0.25) is 4.98 Å². The van der Waals surface area contributed by atoms with Crippen LogP contribution in [0.15, 0.2) is 42.6 Å². The number of nitrogens with zero attached hydrogens (tertiary/aromatic N) is 2. The lowest BCUT2D eigenvalue weighted by Gasteiger charge is -2.21. The van der Waals surface area contributed by atoms with Crippen LogP contribution in [0.3, 0.4) is 0 Å². The van der Waals surface area contributed by atoms with E-state index in [0.29, 0.717) is 0 Å². The van der Waals surface area contributed by atoms with Gasteiger partial charge < -0.3 is 10.0 Å². The van der Waals surface area contributed by atoms with Crippen molar-refractivity contribution in [2.45, 2.75) is 24.9 Å². The molecule has 2 aromatic rings. The van der Waals surface area contributed by atoms with E-state index in [1.54, 1.807) is 0 Å². The molecule has 3 heteroatoms. The number of rotatable bonds is 3. The number of pyridine rings is 1. The van der Waals surface area contributed by atoms with Crippen LogP contribution in [0.25, 0.3) is 0 Å². The zero-order chi connectivity index (χ0) is 14.1. The Morgan fingerprint density at radius 2 is 2.10 bits per heavy atom. The molecule has 1 N–H and O–H groups in total. The van der Waals surface area contributed by atoms with Crippen LogP contribution in [0.5, 0.6) is 0 Å². The summed E-state index contributed by atoms with van der Waals surface area (Å²) in [6.45, 7) is 0. The molecule has 1 aromatic carbocycles. The zero-order valence-corrected chi connectivity index (χ0v) is 12.0. The second kappa shape index (κ2) is 5.25. The highest BCUT2D eigenvalue weighted by atomic mass is 16.3. The maximum atomic E-state index is 10.7. The number of hydrogen-bond donors (Lipinski definition) is 1. The van der Waals surface area contributed by atoms with Crippen molar-refractivity contribution in [3.8, 4) is 0 Å². The molecule has 0 amide bonds. The average molecular weight is 268 g/mol. The highest BCUT2D eigenvalue weighted by Crippen LogP contribution is 2.40. The van der Waals surface area contributed by atoms with E-state index in [0.717, 1.165) is 29.8 Å². The van der Waals surface area contributed by atoms with Crippen LogP contribution in [0, 0.1) is 0 Å². The molecule has 1 aromatic heterocycles. The van der Waals surface area contributed by atoms with E-state index in [1.807, 2.05) is 38.5 Å². The summed E-state index contributed by atoms with van der Waals surface area (Å²) in [6.07, 6.45) is 3.32. The number of aryl methyl sites for hydroxylation is 1. The smallest absolute Gasteiger partial charge is 0.0874 e. The normalized spacial score (nSPS) is 18.6. The molecule has 0 saturated heterocycles. The first-order valence-corrected chi connectivity index (χ1v) is 7.06. The fourth-order valence-electron chi connectivity index (χ4n) is 2.97. The quantitative estimate of drug-likeness (QED) is 0.930. The minimum absolute atomic E-state index is 0.114. The molecule has 0 bridgehead atoms. The van der Waals surface area contributed by atoms with Crippen LogP contribution in [-0.2, 0) is 6.42 Å². The second-order valence-corrected chi connectivity index (χ2v) is 5.63. The summed E-state index contributed by atoms with van der Waals surface area (Å²) in [7, 11) is 4.02. The van der Waals surface area contributed by atoms with Crippen molar-refractivity contribution in [1.82, 2.24) is 4.98 Å². The fraction of sp³-hybridized carbons (Fsp3) is 0.353. The Morgan fingerprint density at radius 1 is 1.25 bits per heavy atom. The van der Waals surface area contributed by atoms with E-state index in [1.165, 1.54) is 5.56 Å². The highest BCUT2D eigenvalue weighted by molar-refractivity contribution is 5.48. The SMILES string of the molecule is CN(C)c1cccc(C(O)C2CCc3cccnc32)c1. The number of benzene rings is 1. The summed E-state index contributed by atoms with van der Waals surface area (Å²) >= 11 is 0. The first-order chi connectivity index (χ1) is 9.66. The first kappa shape index (κ1) is 13.1. The number of aromatic nitrogens is 1. The Kier molecular flexibility index (Phi) is 3.45. The van der Waals surface area contributed by atoms with E-state index >= 15 is 0 Å². The molecular formula is C17H20N2O. The molecular weight excluding hydrogens is 248 g/mol. The third-order valence-electron chi connectivity index (χ3n) is 4.11. The molecule has 1 aliphatic carbocycles. The summed E-state index contributed by atoms with van der Waals surface area (Å²) in [5.74, 6) is 0.114. The Labute approximate surface area is 119 Å². The van der Waals surface area contributed by atoms with Gasteiger partial charge in [-0.05, 0) is 42.2 Å². The van der Waals surface area contributed by atoms with Crippen LogP contribution in [0.2, 0.25) is 0 Å². The molecule has 1 heterocycles.